The predicted octanol–water partition coefficient (Wildman–Crippen LogP) is -4.91. The van der Waals surface area contributed by atoms with Crippen LogP contribution >= 0.6 is 12.6 Å². The van der Waals surface area contributed by atoms with Crippen LogP contribution in [0.25, 0.3) is 0 Å². The summed E-state index contributed by atoms with van der Waals surface area (Å²) >= 11 is 4.24. The van der Waals surface area contributed by atoms with E-state index in [1.807, 2.05) is 0 Å². The van der Waals surface area contributed by atoms with E-state index in [0.717, 1.165) is 25.1 Å². The van der Waals surface area contributed by atoms with Gasteiger partial charge < -0.3 is 75.1 Å². The molecule has 0 amide bonds. The number of hydrogen-bond donors (Lipinski definition) is 12. The maximum atomic E-state index is 14.3. The summed E-state index contributed by atoms with van der Waals surface area (Å²) < 4.78 is 23.2. The third-order valence-electron chi connectivity index (χ3n) is 9.93. The molecule has 5 aliphatic rings. The summed E-state index contributed by atoms with van der Waals surface area (Å²) in [5, 5.41) is 117. The van der Waals surface area contributed by atoms with Gasteiger partial charge in [-0.25, -0.2) is 0 Å². The number of rotatable bonds is 6. The van der Waals surface area contributed by atoms with E-state index in [1.165, 1.54) is 6.07 Å². The number of aliphatic hydroxyl groups excluding tert-OH is 8. The predicted molar refractivity (Wildman–Crippen MR) is 162 cm³/mol. The molecule has 50 heavy (non-hydrogen) atoms. The smallest absolute Gasteiger partial charge is 0.214 e. The number of hydrogen-bond acceptors (Lipinski definition) is 19. The molecule has 1 aromatic rings. The van der Waals surface area contributed by atoms with Gasteiger partial charge in [-0.1, -0.05) is 12.1 Å². The Labute approximate surface area is 287 Å². The number of allylic oxidation sites excluding steroid dienone is 2. The van der Waals surface area contributed by atoms with Gasteiger partial charge in [0.15, 0.2) is 29.1 Å². The lowest BCUT2D eigenvalue weighted by Gasteiger charge is -2.58. The van der Waals surface area contributed by atoms with Gasteiger partial charge in [-0.05, 0) is 19.1 Å². The third-order valence-corrected chi connectivity index (χ3v) is 10.5. The van der Waals surface area contributed by atoms with Crippen molar-refractivity contribution in [3.8, 4) is 5.75 Å². The molecule has 0 radical (unpaired) electrons. The van der Waals surface area contributed by atoms with Crippen molar-refractivity contribution in [3.05, 3.63) is 52.3 Å². The number of benzene rings is 1. The van der Waals surface area contributed by atoms with E-state index in [0.29, 0.717) is 0 Å². The van der Waals surface area contributed by atoms with Crippen molar-refractivity contribution in [3.63, 3.8) is 0 Å². The zero-order valence-corrected chi connectivity index (χ0v) is 26.9. The fraction of sp³-hybridized carbons (Fsp3) is 0.581. The summed E-state index contributed by atoms with van der Waals surface area (Å²) in [4.78, 5) is 42.5. The molecule has 2 saturated heterocycles. The molecule has 0 aromatic heterocycles. The van der Waals surface area contributed by atoms with Gasteiger partial charge in [0.25, 0.3) is 0 Å². The Morgan fingerprint density at radius 1 is 0.860 bits per heavy atom. The van der Waals surface area contributed by atoms with E-state index >= 15 is 0 Å². The van der Waals surface area contributed by atoms with E-state index in [4.69, 9.17) is 18.9 Å². The lowest BCUT2D eigenvalue weighted by atomic mass is 9.55. The van der Waals surface area contributed by atoms with E-state index in [-0.39, 0.29) is 0 Å². The van der Waals surface area contributed by atoms with Crippen molar-refractivity contribution in [1.29, 1.82) is 0 Å². The Morgan fingerprint density at radius 2 is 1.46 bits per heavy atom. The second-order valence-electron chi connectivity index (χ2n) is 13.1. The van der Waals surface area contributed by atoms with Crippen molar-refractivity contribution in [1.82, 2.24) is 0 Å². The largest absolute Gasteiger partial charge is 0.507 e. The number of carbonyl (C=O) groups excluding carboxylic acids is 3. The molecule has 1 saturated carbocycles. The van der Waals surface area contributed by atoms with Crippen LogP contribution in [0.3, 0.4) is 0 Å². The maximum Gasteiger partial charge on any atom is 0.214 e. The Balaban J connectivity index is 1.61. The minimum Gasteiger partial charge on any atom is -0.507 e. The van der Waals surface area contributed by atoms with Gasteiger partial charge in [0.1, 0.15) is 60.3 Å². The molecule has 2 heterocycles. The molecule has 3 aliphatic carbocycles. The summed E-state index contributed by atoms with van der Waals surface area (Å²) in [6.45, 7) is -0.887. The minimum absolute atomic E-state index is 0.477. The first-order chi connectivity index (χ1) is 23.4. The SMILES string of the molecule is CC1(O)CC2(OC3OC(CO)C(O)C(O)C3O)C(OC3OC(CO)C(O)C(O)C3S)=CC3=C(C(=O)c4cccc(O)c4C3=O)C2(O)C(=O)C1O. The van der Waals surface area contributed by atoms with Crippen molar-refractivity contribution in [2.45, 2.75) is 96.8 Å². The summed E-state index contributed by atoms with van der Waals surface area (Å²) in [5.74, 6) is -5.58. The van der Waals surface area contributed by atoms with Gasteiger partial charge in [-0.15, -0.1) is 0 Å². The number of aromatic hydroxyl groups is 1. The van der Waals surface area contributed by atoms with Crippen molar-refractivity contribution < 1.29 is 89.5 Å². The van der Waals surface area contributed by atoms with Gasteiger partial charge in [-0.2, -0.15) is 12.6 Å². The van der Waals surface area contributed by atoms with E-state index < -0.39 is 154 Å². The van der Waals surface area contributed by atoms with Crippen LogP contribution in [-0.2, 0) is 23.7 Å². The number of phenols is 1. The van der Waals surface area contributed by atoms with Crippen LogP contribution in [0.5, 0.6) is 5.75 Å². The van der Waals surface area contributed by atoms with Crippen LogP contribution < -0.4 is 0 Å². The molecule has 11 N–H and O–H groups in total. The van der Waals surface area contributed by atoms with Crippen LogP contribution in [0.15, 0.2) is 41.2 Å². The third kappa shape index (κ3) is 5.11. The number of phenolic OH excluding ortho intramolecular Hbond substituents is 1. The van der Waals surface area contributed by atoms with Crippen LogP contribution in [0.4, 0.5) is 0 Å². The molecule has 2 aliphatic heterocycles. The van der Waals surface area contributed by atoms with Crippen LogP contribution in [0, 0.1) is 0 Å². The molecule has 0 bridgehead atoms. The topological polar surface area (TPSA) is 311 Å². The van der Waals surface area contributed by atoms with E-state index in [2.05, 4.69) is 12.6 Å². The quantitative estimate of drug-likeness (QED) is 0.122. The van der Waals surface area contributed by atoms with Gasteiger partial charge in [0, 0.05) is 17.6 Å². The maximum absolute atomic E-state index is 14.3. The van der Waals surface area contributed by atoms with Crippen molar-refractivity contribution in [2.75, 3.05) is 13.2 Å². The van der Waals surface area contributed by atoms with Gasteiger partial charge >= 0.3 is 0 Å². The fourth-order valence-electron chi connectivity index (χ4n) is 7.18. The second kappa shape index (κ2) is 12.7. The highest BCUT2D eigenvalue weighted by Gasteiger charge is 2.75. The lowest BCUT2D eigenvalue weighted by Crippen LogP contribution is -2.77. The summed E-state index contributed by atoms with van der Waals surface area (Å²) in [6, 6.07) is 3.41. The molecule has 14 unspecified atom stereocenters. The van der Waals surface area contributed by atoms with Crippen molar-refractivity contribution >= 4 is 30.0 Å². The molecule has 0 spiro atoms. The zero-order chi connectivity index (χ0) is 36.8. The molecular weight excluding hydrogens is 692 g/mol. The van der Waals surface area contributed by atoms with E-state index in [9.17, 15) is 70.6 Å². The Morgan fingerprint density at radius 3 is 2.08 bits per heavy atom. The zero-order valence-electron chi connectivity index (χ0n) is 26.0. The summed E-state index contributed by atoms with van der Waals surface area (Å²) in [5.41, 5.74) is -11.9. The number of fused-ring (bicyclic) bond motifs is 3. The molecule has 3 fully saturated rings. The van der Waals surface area contributed by atoms with Gasteiger partial charge in [0.2, 0.25) is 12.1 Å². The molecule has 1 aromatic carbocycles. The highest BCUT2D eigenvalue weighted by Crippen LogP contribution is 2.57. The normalized spacial score (nSPS) is 44.7. The molecular formula is C31H36O18S. The first-order valence-corrected chi connectivity index (χ1v) is 15.9. The average molecular weight is 729 g/mol. The Hall–Kier alpha value is -2.86. The van der Waals surface area contributed by atoms with Crippen molar-refractivity contribution in [2.24, 2.45) is 0 Å². The van der Waals surface area contributed by atoms with Gasteiger partial charge in [0.05, 0.1) is 35.2 Å². The first kappa shape index (κ1) is 36.9. The number of ketones is 3. The fourth-order valence-corrected chi connectivity index (χ4v) is 7.49. The number of Topliss-reactive ketones (excluding diaryl/α,β-unsaturated/α-hetero) is 3. The average Bonchev–Trinajstić information content (AvgIpc) is 3.07. The molecule has 19 heteroatoms. The number of ether oxygens (including phenoxy) is 4. The minimum atomic E-state index is -3.54. The number of carbonyl (C=O) groups is 3. The molecule has 14 atom stereocenters. The lowest BCUT2D eigenvalue weighted by molar-refractivity contribution is -0.353. The van der Waals surface area contributed by atoms with Crippen LogP contribution in [0.1, 0.15) is 34.1 Å². The monoisotopic (exact) mass is 728 g/mol. The Bertz CT molecular complexity index is 1660. The van der Waals surface area contributed by atoms with E-state index in [1.54, 1.807) is 0 Å². The van der Waals surface area contributed by atoms with Gasteiger partial charge in [-0.3, -0.25) is 14.4 Å². The Kier molecular flexibility index (Phi) is 9.35. The molecule has 18 nitrogen and oxygen atoms in total. The first-order valence-electron chi connectivity index (χ1n) is 15.4. The number of aliphatic hydroxyl groups is 10. The standard InChI is InChI=1S/C31H36O18S/c1-29(44)8-30(49-27-23(41)21(39)19(37)12(6-32)46-27)14(48-28-24(50)22(40)20(38)13(7-33)47-28)5-10-16(31(30,45)26(43)25(29)42)18(36)9-3-2-4-11(34)15(9)17(10)35/h2-5,12-13,19-25,27-28,32-34,37-42,44-45,50H,6-8H2,1H3. The summed E-state index contributed by atoms with van der Waals surface area (Å²) in [6.07, 6.45) is -19.7. The van der Waals surface area contributed by atoms with Crippen LogP contribution in [0.2, 0.25) is 0 Å². The summed E-state index contributed by atoms with van der Waals surface area (Å²) in [7, 11) is 0. The number of thiol groups is 1. The molecule has 274 valence electrons. The van der Waals surface area contributed by atoms with Crippen LogP contribution in [-0.4, -0.2) is 170 Å². The second-order valence-corrected chi connectivity index (χ2v) is 13.7. The highest BCUT2D eigenvalue weighted by atomic mass is 32.1. The highest BCUT2D eigenvalue weighted by molar-refractivity contribution is 7.81. The molecule has 6 rings (SSSR count).